The minimum absolute atomic E-state index is 0.131. The maximum absolute atomic E-state index is 13.2. The Kier molecular flexibility index (Phi) is 8.78. The molecule has 7 heteroatoms. The number of hydrogen-bond donors (Lipinski definition) is 0. The standard InChI is InChI=1S/C23H31F2N3OS/c1-27(30(2)26-19-8-4-3-5-9-19)20-12-15-28(16-13-20)14-6-7-17-29-21-10-11-22(24)23(25)18-21/h3-5,8-11,18,20H,6-7,12-17H2,1-2H3. The third-order valence-corrected chi connectivity index (χ3v) is 7.12. The molecule has 0 saturated carbocycles. The van der Waals surface area contributed by atoms with E-state index in [1.54, 1.807) is 0 Å². The van der Waals surface area contributed by atoms with Crippen LogP contribution in [0.15, 0.2) is 52.9 Å². The van der Waals surface area contributed by atoms with E-state index < -0.39 is 11.6 Å². The van der Waals surface area contributed by atoms with Crippen LogP contribution in [0.5, 0.6) is 5.75 Å². The van der Waals surface area contributed by atoms with Crippen LogP contribution in [0.4, 0.5) is 14.5 Å². The SMILES string of the molecule is CN(C1CCN(CCCCOc2ccc(F)c(F)c2)CC1)S(C)=Nc1ccccc1. The molecule has 4 nitrogen and oxygen atoms in total. The van der Waals surface area contributed by atoms with Crippen LogP contribution in [0.2, 0.25) is 0 Å². The molecule has 0 amide bonds. The van der Waals surface area contributed by atoms with Gasteiger partial charge < -0.3 is 9.64 Å². The summed E-state index contributed by atoms with van der Waals surface area (Å²) >= 11 is 0. The lowest BCUT2D eigenvalue weighted by molar-refractivity contribution is 0.168. The monoisotopic (exact) mass is 435 g/mol. The van der Waals surface area contributed by atoms with Gasteiger partial charge in [0, 0.05) is 18.4 Å². The zero-order chi connectivity index (χ0) is 21.3. The van der Waals surface area contributed by atoms with Crippen LogP contribution < -0.4 is 4.74 Å². The zero-order valence-electron chi connectivity index (χ0n) is 17.8. The first-order valence-electron chi connectivity index (χ1n) is 10.5. The largest absolute Gasteiger partial charge is 0.493 e. The van der Waals surface area contributed by atoms with E-state index in [0.717, 1.165) is 63.1 Å². The lowest BCUT2D eigenvalue weighted by atomic mass is 10.1. The number of rotatable bonds is 9. The first-order valence-corrected chi connectivity index (χ1v) is 12.0. The summed E-state index contributed by atoms with van der Waals surface area (Å²) in [6, 6.07) is 14.4. The minimum Gasteiger partial charge on any atom is -0.493 e. The van der Waals surface area contributed by atoms with Crippen LogP contribution in [0.25, 0.3) is 0 Å². The number of nitrogens with zero attached hydrogens (tertiary/aromatic N) is 3. The quantitative estimate of drug-likeness (QED) is 0.507. The molecule has 0 N–H and O–H groups in total. The predicted molar refractivity (Wildman–Crippen MR) is 120 cm³/mol. The van der Waals surface area contributed by atoms with Gasteiger partial charge in [-0.2, -0.15) is 0 Å². The van der Waals surface area contributed by atoms with Gasteiger partial charge in [0.15, 0.2) is 11.6 Å². The summed E-state index contributed by atoms with van der Waals surface area (Å²) in [6.07, 6.45) is 6.43. The number of unbranched alkanes of at least 4 members (excludes halogenated alkanes) is 1. The Morgan fingerprint density at radius 3 is 2.50 bits per heavy atom. The highest BCUT2D eigenvalue weighted by Gasteiger charge is 2.23. The maximum atomic E-state index is 13.2. The first kappa shape index (κ1) is 22.8. The van der Waals surface area contributed by atoms with E-state index in [0.29, 0.717) is 18.4 Å². The van der Waals surface area contributed by atoms with Crippen molar-refractivity contribution in [3.8, 4) is 5.75 Å². The van der Waals surface area contributed by atoms with Gasteiger partial charge in [0.05, 0.1) is 12.3 Å². The van der Waals surface area contributed by atoms with Gasteiger partial charge in [-0.05, 0) is 87.5 Å². The summed E-state index contributed by atoms with van der Waals surface area (Å²) in [5, 5.41) is 0. The third kappa shape index (κ3) is 6.86. The second-order valence-corrected chi connectivity index (χ2v) is 9.28. The van der Waals surface area contributed by atoms with Gasteiger partial charge in [0.1, 0.15) is 5.75 Å². The number of benzene rings is 2. The number of ether oxygens (including phenoxy) is 1. The summed E-state index contributed by atoms with van der Waals surface area (Å²) < 4.78 is 38.9. The lowest BCUT2D eigenvalue weighted by Gasteiger charge is -2.36. The Balaban J connectivity index is 1.33. The van der Waals surface area contributed by atoms with Crippen molar-refractivity contribution in [1.29, 1.82) is 0 Å². The average molecular weight is 436 g/mol. The van der Waals surface area contributed by atoms with Gasteiger partial charge in [-0.25, -0.2) is 17.4 Å². The number of halogens is 2. The molecule has 1 aliphatic heterocycles. The molecule has 1 saturated heterocycles. The smallest absolute Gasteiger partial charge is 0.162 e. The summed E-state index contributed by atoms with van der Waals surface area (Å²) in [6.45, 7) is 3.76. The van der Waals surface area contributed by atoms with E-state index in [9.17, 15) is 8.78 Å². The third-order valence-electron chi connectivity index (χ3n) is 5.51. The minimum atomic E-state index is -0.869. The lowest BCUT2D eigenvalue weighted by Crippen LogP contribution is -2.43. The summed E-state index contributed by atoms with van der Waals surface area (Å²) in [5.41, 5.74) is 1.04. The van der Waals surface area contributed by atoms with Gasteiger partial charge in [-0.3, -0.25) is 0 Å². The molecule has 164 valence electrons. The van der Waals surface area contributed by atoms with E-state index in [1.165, 1.54) is 6.07 Å². The highest BCUT2D eigenvalue weighted by molar-refractivity contribution is 7.84. The van der Waals surface area contributed by atoms with Crippen LogP contribution in [0, 0.1) is 11.6 Å². The van der Waals surface area contributed by atoms with Crippen LogP contribution in [-0.4, -0.2) is 54.8 Å². The molecule has 2 aromatic carbocycles. The number of hydrogen-bond acceptors (Lipinski definition) is 3. The molecule has 0 radical (unpaired) electrons. The van der Waals surface area contributed by atoms with Crippen molar-refractivity contribution < 1.29 is 13.5 Å². The molecule has 0 bridgehead atoms. The van der Waals surface area contributed by atoms with E-state index >= 15 is 0 Å². The first-order chi connectivity index (χ1) is 14.5. The van der Waals surface area contributed by atoms with Crippen molar-refractivity contribution in [2.24, 2.45) is 4.36 Å². The molecule has 3 rings (SSSR count). The summed E-state index contributed by atoms with van der Waals surface area (Å²) in [4.78, 5) is 2.50. The van der Waals surface area contributed by atoms with Gasteiger partial charge in [-0.1, -0.05) is 18.2 Å². The molecule has 1 heterocycles. The van der Waals surface area contributed by atoms with Crippen molar-refractivity contribution in [2.45, 2.75) is 31.7 Å². The van der Waals surface area contributed by atoms with Gasteiger partial charge in [-0.15, -0.1) is 0 Å². The Hall–Kier alpha value is -1.83. The topological polar surface area (TPSA) is 28.1 Å². The Labute approximate surface area is 181 Å². The normalized spacial score (nSPS) is 16.8. The molecule has 1 fully saturated rings. The summed E-state index contributed by atoms with van der Waals surface area (Å²) in [7, 11) is 2.06. The van der Waals surface area contributed by atoms with Crippen LogP contribution in [0.1, 0.15) is 25.7 Å². The molecule has 0 spiro atoms. The molecular formula is C23H31F2N3OS. The highest BCUT2D eigenvalue weighted by Crippen LogP contribution is 2.20. The highest BCUT2D eigenvalue weighted by atomic mass is 32.2. The van der Waals surface area contributed by atoms with E-state index in [2.05, 4.69) is 34.6 Å². The van der Waals surface area contributed by atoms with Crippen molar-refractivity contribution >= 4 is 16.6 Å². The molecule has 1 aliphatic rings. The van der Waals surface area contributed by atoms with E-state index in [1.807, 2.05) is 18.2 Å². The Bertz CT molecular complexity index is 826. The Morgan fingerprint density at radius 2 is 1.80 bits per heavy atom. The fraction of sp³-hybridized carbons (Fsp3) is 0.478. The van der Waals surface area contributed by atoms with Crippen molar-refractivity contribution in [2.75, 3.05) is 39.5 Å². The molecule has 0 aliphatic carbocycles. The molecule has 2 aromatic rings. The maximum Gasteiger partial charge on any atom is 0.162 e. The molecule has 1 unspecified atom stereocenters. The van der Waals surface area contributed by atoms with E-state index in [4.69, 9.17) is 9.10 Å². The number of likely N-dealkylation sites (tertiary alicyclic amines) is 1. The zero-order valence-corrected chi connectivity index (χ0v) is 18.6. The second kappa shape index (κ2) is 11.5. The van der Waals surface area contributed by atoms with Crippen molar-refractivity contribution in [3.63, 3.8) is 0 Å². The second-order valence-electron chi connectivity index (χ2n) is 7.62. The van der Waals surface area contributed by atoms with Crippen molar-refractivity contribution in [1.82, 2.24) is 9.21 Å². The van der Waals surface area contributed by atoms with Gasteiger partial charge >= 0.3 is 0 Å². The summed E-state index contributed by atoms with van der Waals surface area (Å²) in [5.74, 6) is -1.33. The van der Waals surface area contributed by atoms with Crippen LogP contribution in [0.3, 0.4) is 0 Å². The van der Waals surface area contributed by atoms with E-state index in [-0.39, 0.29) is 10.9 Å². The van der Waals surface area contributed by atoms with Gasteiger partial charge in [0.2, 0.25) is 0 Å². The predicted octanol–water partition coefficient (Wildman–Crippen LogP) is 5.20. The molecule has 30 heavy (non-hydrogen) atoms. The molecular weight excluding hydrogens is 404 g/mol. The van der Waals surface area contributed by atoms with Crippen LogP contribution >= 0.6 is 0 Å². The van der Waals surface area contributed by atoms with Crippen molar-refractivity contribution in [3.05, 3.63) is 60.2 Å². The molecule has 1 atom stereocenters. The number of piperidine rings is 1. The fourth-order valence-electron chi connectivity index (χ4n) is 3.62. The Morgan fingerprint density at radius 1 is 1.07 bits per heavy atom. The van der Waals surface area contributed by atoms with Gasteiger partial charge in [0.25, 0.3) is 0 Å². The fourth-order valence-corrected chi connectivity index (χ4v) is 4.82. The average Bonchev–Trinajstić information content (AvgIpc) is 2.76. The molecule has 0 aromatic heterocycles. The van der Waals surface area contributed by atoms with Crippen LogP contribution in [-0.2, 0) is 10.9 Å².